The summed E-state index contributed by atoms with van der Waals surface area (Å²) in [5.41, 5.74) is 2.59. The molecule has 8 nitrogen and oxygen atoms in total. The molecule has 1 fully saturated rings. The number of carbonyl (C=O) groups is 1. The zero-order valence-electron chi connectivity index (χ0n) is 22.1. The van der Waals surface area contributed by atoms with Gasteiger partial charge in [0.2, 0.25) is 11.8 Å². The van der Waals surface area contributed by atoms with Gasteiger partial charge < -0.3 is 9.73 Å². The summed E-state index contributed by atoms with van der Waals surface area (Å²) in [6.45, 7) is 8.24. The van der Waals surface area contributed by atoms with Crippen molar-refractivity contribution in [2.24, 2.45) is 11.3 Å². The maximum Gasteiger partial charge on any atom is 0.246 e. The Kier molecular flexibility index (Phi) is 5.82. The molecule has 200 valence electrons. The SMILES string of the molecule is CC(C)C(=O)NCc1coc(-c2cncc([C@@]34CC[C@@H](c5cc(-c6c(F)cccc6F)nnc53)C4(C)C)n2)n1. The first kappa shape index (κ1) is 25.2. The first-order valence-corrected chi connectivity index (χ1v) is 13.0. The van der Waals surface area contributed by atoms with Crippen LogP contribution in [0.1, 0.15) is 69.1 Å². The topological polar surface area (TPSA) is 107 Å². The quantitative estimate of drug-likeness (QED) is 0.359. The highest BCUT2D eigenvalue weighted by molar-refractivity contribution is 5.77. The first-order valence-electron chi connectivity index (χ1n) is 13.0. The number of hydrogen-bond acceptors (Lipinski definition) is 7. The molecule has 3 heterocycles. The molecular weight excluding hydrogens is 502 g/mol. The van der Waals surface area contributed by atoms with Gasteiger partial charge in [-0.05, 0) is 47.9 Å². The highest BCUT2D eigenvalue weighted by Crippen LogP contribution is 2.69. The van der Waals surface area contributed by atoms with Crippen molar-refractivity contribution in [3.05, 3.63) is 77.2 Å². The van der Waals surface area contributed by atoms with E-state index in [2.05, 4.69) is 39.3 Å². The fraction of sp³-hybridized carbons (Fsp3) is 0.379. The number of rotatable bonds is 6. The number of nitrogens with zero attached hydrogens (tertiary/aromatic N) is 5. The van der Waals surface area contributed by atoms with Gasteiger partial charge in [0, 0.05) is 12.1 Å². The molecule has 2 atom stereocenters. The van der Waals surface area contributed by atoms with Crippen LogP contribution in [0, 0.1) is 23.0 Å². The lowest BCUT2D eigenvalue weighted by Crippen LogP contribution is -2.38. The largest absolute Gasteiger partial charge is 0.443 e. The van der Waals surface area contributed by atoms with Crippen molar-refractivity contribution >= 4 is 5.91 Å². The van der Waals surface area contributed by atoms with E-state index in [1.54, 1.807) is 18.5 Å². The van der Waals surface area contributed by atoms with Gasteiger partial charge in [-0.3, -0.25) is 9.78 Å². The molecule has 39 heavy (non-hydrogen) atoms. The Bertz CT molecular complexity index is 1580. The Morgan fingerprint density at radius 3 is 2.64 bits per heavy atom. The van der Waals surface area contributed by atoms with Crippen molar-refractivity contribution in [1.29, 1.82) is 0 Å². The third-order valence-electron chi connectivity index (χ3n) is 8.41. The van der Waals surface area contributed by atoms with Gasteiger partial charge >= 0.3 is 0 Å². The van der Waals surface area contributed by atoms with Gasteiger partial charge in [-0.15, -0.1) is 5.10 Å². The number of benzene rings is 1. The van der Waals surface area contributed by atoms with Crippen LogP contribution in [0.4, 0.5) is 8.78 Å². The average molecular weight is 531 g/mol. The zero-order chi connectivity index (χ0) is 27.5. The molecule has 2 bridgehead atoms. The second-order valence-electron chi connectivity index (χ2n) is 11.2. The molecule has 10 heteroatoms. The van der Waals surface area contributed by atoms with Crippen molar-refractivity contribution in [3.63, 3.8) is 0 Å². The van der Waals surface area contributed by atoms with Gasteiger partial charge in [-0.25, -0.2) is 18.7 Å². The van der Waals surface area contributed by atoms with E-state index in [1.807, 2.05) is 13.8 Å². The average Bonchev–Trinajstić information content (AvgIpc) is 3.55. The molecule has 0 spiro atoms. The van der Waals surface area contributed by atoms with Crippen molar-refractivity contribution in [2.75, 3.05) is 0 Å². The minimum Gasteiger partial charge on any atom is -0.443 e. The molecule has 0 unspecified atom stereocenters. The van der Waals surface area contributed by atoms with Gasteiger partial charge in [0.1, 0.15) is 23.6 Å². The highest BCUT2D eigenvalue weighted by atomic mass is 19.1. The van der Waals surface area contributed by atoms with Crippen molar-refractivity contribution < 1.29 is 18.0 Å². The molecular formula is C29H28F2N6O2. The smallest absolute Gasteiger partial charge is 0.246 e. The maximum absolute atomic E-state index is 14.5. The van der Waals surface area contributed by atoms with Crippen LogP contribution >= 0.6 is 0 Å². The van der Waals surface area contributed by atoms with E-state index in [9.17, 15) is 13.6 Å². The van der Waals surface area contributed by atoms with Crippen molar-refractivity contribution in [1.82, 2.24) is 30.5 Å². The molecule has 1 N–H and O–H groups in total. The molecule has 0 radical (unpaired) electrons. The molecule has 2 aliphatic rings. The van der Waals surface area contributed by atoms with Crippen LogP contribution in [0.3, 0.4) is 0 Å². The van der Waals surface area contributed by atoms with Crippen LogP contribution in [0.15, 0.2) is 47.3 Å². The standard InChI is InChI=1S/C29H28F2N6O2/c1-15(2)26(38)33-11-16-14-39-27(34-16)22-12-32-13-23(35-22)29-9-8-18(28(29,3)4)17-10-21(36-37-25(17)29)24-19(30)6-5-7-20(24)31/h5-7,10,12-15,18H,8-9,11H2,1-4H3,(H,33,38)/t18-,29-/m0/s1. The Morgan fingerprint density at radius 2 is 1.90 bits per heavy atom. The fourth-order valence-electron chi connectivity index (χ4n) is 6.32. The van der Waals surface area contributed by atoms with E-state index < -0.39 is 17.0 Å². The van der Waals surface area contributed by atoms with E-state index in [0.29, 0.717) is 17.3 Å². The number of carbonyl (C=O) groups excluding carboxylic acids is 1. The van der Waals surface area contributed by atoms with Crippen LogP contribution in [-0.2, 0) is 16.8 Å². The van der Waals surface area contributed by atoms with Crippen LogP contribution in [-0.4, -0.2) is 31.1 Å². The van der Waals surface area contributed by atoms with Gasteiger partial charge in [0.05, 0.1) is 46.5 Å². The molecule has 4 aromatic rings. The zero-order valence-corrected chi connectivity index (χ0v) is 22.1. The minimum atomic E-state index is -0.672. The third kappa shape index (κ3) is 3.76. The normalized spacial score (nSPS) is 20.8. The fourth-order valence-corrected chi connectivity index (χ4v) is 6.32. The number of aromatic nitrogens is 5. The van der Waals surface area contributed by atoms with Crippen LogP contribution < -0.4 is 5.32 Å². The Labute approximate surface area is 224 Å². The van der Waals surface area contributed by atoms with Gasteiger partial charge in [-0.1, -0.05) is 33.8 Å². The lowest BCUT2D eigenvalue weighted by atomic mass is 9.66. The lowest BCUT2D eigenvalue weighted by molar-refractivity contribution is -0.124. The third-order valence-corrected chi connectivity index (χ3v) is 8.41. The number of halogens is 2. The van der Waals surface area contributed by atoms with Gasteiger partial charge in [-0.2, -0.15) is 5.10 Å². The number of hydrogen-bond donors (Lipinski definition) is 1. The molecule has 0 saturated heterocycles. The molecule has 3 aromatic heterocycles. The summed E-state index contributed by atoms with van der Waals surface area (Å²) in [5, 5.41) is 11.7. The summed E-state index contributed by atoms with van der Waals surface area (Å²) < 4.78 is 34.8. The Morgan fingerprint density at radius 1 is 1.13 bits per heavy atom. The van der Waals surface area contributed by atoms with Crippen LogP contribution in [0.25, 0.3) is 22.8 Å². The molecule has 0 aliphatic heterocycles. The van der Waals surface area contributed by atoms with E-state index in [1.165, 1.54) is 24.5 Å². The highest BCUT2D eigenvalue weighted by Gasteiger charge is 2.65. The summed E-state index contributed by atoms with van der Waals surface area (Å²) in [5.74, 6) is -1.13. The van der Waals surface area contributed by atoms with Crippen LogP contribution in [0.5, 0.6) is 0 Å². The lowest BCUT2D eigenvalue weighted by Gasteiger charge is -2.37. The van der Waals surface area contributed by atoms with Crippen molar-refractivity contribution in [3.8, 4) is 22.8 Å². The van der Waals surface area contributed by atoms with Gasteiger partial charge in [0.15, 0.2) is 0 Å². The molecule has 6 rings (SSSR count). The van der Waals surface area contributed by atoms with E-state index in [-0.39, 0.29) is 41.0 Å². The molecule has 1 saturated carbocycles. The Hall–Kier alpha value is -4.08. The summed E-state index contributed by atoms with van der Waals surface area (Å²) in [4.78, 5) is 25.8. The molecule has 2 aliphatic carbocycles. The van der Waals surface area contributed by atoms with Crippen molar-refractivity contribution in [2.45, 2.75) is 58.4 Å². The van der Waals surface area contributed by atoms with E-state index in [0.717, 1.165) is 29.8 Å². The monoisotopic (exact) mass is 530 g/mol. The summed E-state index contributed by atoms with van der Waals surface area (Å²) in [7, 11) is 0. The van der Waals surface area contributed by atoms with E-state index in [4.69, 9.17) is 9.40 Å². The second kappa shape index (κ2) is 9.00. The first-order chi connectivity index (χ1) is 18.6. The minimum absolute atomic E-state index is 0.0691. The Balaban J connectivity index is 1.38. The molecule has 1 aromatic carbocycles. The van der Waals surface area contributed by atoms with Crippen LogP contribution in [0.2, 0.25) is 0 Å². The van der Waals surface area contributed by atoms with E-state index >= 15 is 0 Å². The summed E-state index contributed by atoms with van der Waals surface area (Å²) >= 11 is 0. The maximum atomic E-state index is 14.5. The second-order valence-corrected chi connectivity index (χ2v) is 11.2. The predicted molar refractivity (Wildman–Crippen MR) is 138 cm³/mol. The summed E-state index contributed by atoms with van der Waals surface area (Å²) in [6.07, 6.45) is 6.48. The number of nitrogens with one attached hydrogen (secondary N) is 1. The number of amides is 1. The number of oxazole rings is 1. The van der Waals surface area contributed by atoms with Gasteiger partial charge in [0.25, 0.3) is 0 Å². The molecule has 1 amide bonds. The summed E-state index contributed by atoms with van der Waals surface area (Å²) in [6, 6.07) is 5.55. The predicted octanol–water partition coefficient (Wildman–Crippen LogP) is 5.34. The number of fused-ring (bicyclic) bond motifs is 5.